The molecule has 1 rings (SSSR count). The van der Waals surface area contributed by atoms with E-state index in [0.29, 0.717) is 12.0 Å². The molecule has 1 N–H and O–H groups in total. The van der Waals surface area contributed by atoms with Gasteiger partial charge in [0, 0.05) is 19.1 Å². The Balaban J connectivity index is 2.38. The van der Waals surface area contributed by atoms with E-state index in [1.807, 2.05) is 6.92 Å². The monoisotopic (exact) mass is 228 g/mol. The van der Waals surface area contributed by atoms with E-state index >= 15 is 0 Å². The van der Waals surface area contributed by atoms with Crippen LogP contribution in [0.2, 0.25) is 0 Å². The molecule has 1 heterocycles. The fourth-order valence-corrected chi connectivity index (χ4v) is 2.36. The predicted molar refractivity (Wildman–Crippen MR) is 68.6 cm³/mol. The molecule has 0 aromatic rings. The van der Waals surface area contributed by atoms with Crippen LogP contribution in [0.15, 0.2) is 0 Å². The Bertz CT molecular complexity index is 216. The normalized spacial score (nSPS) is 26.6. The summed E-state index contributed by atoms with van der Waals surface area (Å²) in [6.07, 6.45) is 2.61. The first kappa shape index (κ1) is 13.9. The second kappa shape index (κ2) is 5.48. The highest BCUT2D eigenvalue weighted by Crippen LogP contribution is 2.19. The molecule has 3 nitrogen and oxygen atoms in total. The third kappa shape index (κ3) is 3.72. The van der Waals surface area contributed by atoms with Gasteiger partial charge in [-0.15, -0.1) is 0 Å². The summed E-state index contributed by atoms with van der Waals surface area (Å²) in [6, 6.07) is 0.674. The van der Waals surface area contributed by atoms with Crippen molar-refractivity contribution in [2.75, 3.05) is 33.7 Å². The Kier molecular flexibility index (Phi) is 4.77. The van der Waals surface area contributed by atoms with Gasteiger partial charge in [0.25, 0.3) is 0 Å². The molecule has 2 unspecified atom stereocenters. The van der Waals surface area contributed by atoms with Crippen LogP contribution in [0.25, 0.3) is 0 Å². The van der Waals surface area contributed by atoms with E-state index < -0.39 is 5.60 Å². The molecule has 0 spiro atoms. The van der Waals surface area contributed by atoms with Crippen molar-refractivity contribution in [3.8, 4) is 0 Å². The summed E-state index contributed by atoms with van der Waals surface area (Å²) in [5.74, 6) is 0.302. The molecule has 1 fully saturated rings. The minimum atomic E-state index is -0.577. The van der Waals surface area contributed by atoms with Crippen molar-refractivity contribution < 1.29 is 5.11 Å². The van der Waals surface area contributed by atoms with Crippen LogP contribution in [0.5, 0.6) is 0 Å². The molecule has 1 aliphatic heterocycles. The van der Waals surface area contributed by atoms with Crippen LogP contribution in [-0.4, -0.2) is 60.3 Å². The highest BCUT2D eigenvalue weighted by Gasteiger charge is 2.28. The van der Waals surface area contributed by atoms with Crippen LogP contribution in [0.4, 0.5) is 0 Å². The molecule has 1 aliphatic rings. The van der Waals surface area contributed by atoms with E-state index in [9.17, 15) is 5.11 Å². The van der Waals surface area contributed by atoms with E-state index in [1.54, 1.807) is 0 Å². The van der Waals surface area contributed by atoms with E-state index in [4.69, 9.17) is 0 Å². The summed E-state index contributed by atoms with van der Waals surface area (Å²) in [5.41, 5.74) is -0.577. The molecule has 0 saturated carbocycles. The van der Waals surface area contributed by atoms with Crippen molar-refractivity contribution in [1.82, 2.24) is 9.80 Å². The van der Waals surface area contributed by atoms with Crippen LogP contribution in [0.1, 0.15) is 33.6 Å². The van der Waals surface area contributed by atoms with Crippen molar-refractivity contribution in [3.63, 3.8) is 0 Å². The maximum absolute atomic E-state index is 10.2. The maximum Gasteiger partial charge on any atom is 0.0768 e. The largest absolute Gasteiger partial charge is 0.389 e. The molecule has 3 heteroatoms. The average Bonchev–Trinajstić information content (AvgIpc) is 2.50. The van der Waals surface area contributed by atoms with Crippen molar-refractivity contribution in [3.05, 3.63) is 0 Å². The van der Waals surface area contributed by atoms with Gasteiger partial charge < -0.3 is 14.9 Å². The summed E-state index contributed by atoms with van der Waals surface area (Å²) in [6.45, 7) is 9.14. The van der Waals surface area contributed by atoms with Crippen LogP contribution in [0.3, 0.4) is 0 Å². The van der Waals surface area contributed by atoms with Gasteiger partial charge in [-0.1, -0.05) is 13.8 Å². The number of nitrogens with zero attached hydrogens (tertiary/aromatic N) is 2. The molecule has 0 aromatic heterocycles. The highest BCUT2D eigenvalue weighted by atomic mass is 16.3. The summed E-state index contributed by atoms with van der Waals surface area (Å²) in [7, 11) is 4.31. The lowest BCUT2D eigenvalue weighted by Crippen LogP contribution is -2.46. The number of aliphatic hydroxyl groups is 1. The number of hydrogen-bond acceptors (Lipinski definition) is 3. The summed E-state index contributed by atoms with van der Waals surface area (Å²) >= 11 is 0. The van der Waals surface area contributed by atoms with Crippen LogP contribution in [-0.2, 0) is 0 Å². The molecule has 1 saturated heterocycles. The maximum atomic E-state index is 10.2. The van der Waals surface area contributed by atoms with Gasteiger partial charge in [-0.05, 0) is 46.3 Å². The molecule has 16 heavy (non-hydrogen) atoms. The molecular weight excluding hydrogens is 200 g/mol. The van der Waals surface area contributed by atoms with Crippen molar-refractivity contribution in [1.29, 1.82) is 0 Å². The molecule has 2 atom stereocenters. The van der Waals surface area contributed by atoms with Gasteiger partial charge in [0.15, 0.2) is 0 Å². The van der Waals surface area contributed by atoms with Gasteiger partial charge in [-0.25, -0.2) is 0 Å². The second-order valence-corrected chi connectivity index (χ2v) is 5.99. The van der Waals surface area contributed by atoms with E-state index in [-0.39, 0.29) is 0 Å². The fraction of sp³-hybridized carbons (Fsp3) is 1.00. The standard InChI is InChI=1S/C13H28N2O/c1-11(2)13(3,16)10-14(4)9-12-7-6-8-15(12)5/h11-12,16H,6-10H2,1-5H3. The predicted octanol–water partition coefficient (Wildman–Crippen LogP) is 1.42. The lowest BCUT2D eigenvalue weighted by molar-refractivity contribution is -0.0162. The van der Waals surface area contributed by atoms with Crippen LogP contribution in [0, 0.1) is 5.92 Å². The third-order valence-corrected chi connectivity index (χ3v) is 4.03. The zero-order valence-electron chi connectivity index (χ0n) is 11.5. The third-order valence-electron chi connectivity index (χ3n) is 4.03. The molecule has 0 amide bonds. The Morgan fingerprint density at radius 3 is 2.56 bits per heavy atom. The zero-order valence-corrected chi connectivity index (χ0v) is 11.5. The number of rotatable bonds is 5. The van der Waals surface area contributed by atoms with Gasteiger partial charge in [0.2, 0.25) is 0 Å². The average molecular weight is 228 g/mol. The van der Waals surface area contributed by atoms with Crippen molar-refractivity contribution >= 4 is 0 Å². The zero-order chi connectivity index (χ0) is 12.3. The Labute approximate surface area is 100 Å². The first-order valence-electron chi connectivity index (χ1n) is 6.44. The Morgan fingerprint density at radius 2 is 2.12 bits per heavy atom. The SMILES string of the molecule is CC(C)C(C)(O)CN(C)CC1CCCN1C. The van der Waals surface area contributed by atoms with Gasteiger partial charge in [0.1, 0.15) is 0 Å². The van der Waals surface area contributed by atoms with Gasteiger partial charge in [0.05, 0.1) is 5.60 Å². The number of likely N-dealkylation sites (N-methyl/N-ethyl adjacent to an activating group) is 2. The van der Waals surface area contributed by atoms with E-state index in [1.165, 1.54) is 19.4 Å². The Morgan fingerprint density at radius 1 is 1.50 bits per heavy atom. The molecule has 0 aliphatic carbocycles. The van der Waals surface area contributed by atoms with E-state index in [2.05, 4.69) is 37.7 Å². The van der Waals surface area contributed by atoms with Gasteiger partial charge >= 0.3 is 0 Å². The fourth-order valence-electron chi connectivity index (χ4n) is 2.36. The van der Waals surface area contributed by atoms with Gasteiger partial charge in [-0.3, -0.25) is 0 Å². The first-order chi connectivity index (χ1) is 7.33. The number of likely N-dealkylation sites (tertiary alicyclic amines) is 1. The summed E-state index contributed by atoms with van der Waals surface area (Å²) in [5, 5.41) is 10.2. The summed E-state index contributed by atoms with van der Waals surface area (Å²) in [4.78, 5) is 4.70. The first-order valence-corrected chi connectivity index (χ1v) is 6.44. The molecular formula is C13H28N2O. The smallest absolute Gasteiger partial charge is 0.0768 e. The molecule has 96 valence electrons. The molecule has 0 bridgehead atoms. The lowest BCUT2D eigenvalue weighted by atomic mass is 9.92. The minimum absolute atomic E-state index is 0.302. The van der Waals surface area contributed by atoms with Crippen molar-refractivity contribution in [2.24, 2.45) is 5.92 Å². The molecule has 0 radical (unpaired) electrons. The van der Waals surface area contributed by atoms with Crippen LogP contribution < -0.4 is 0 Å². The number of hydrogen-bond donors (Lipinski definition) is 1. The molecule has 0 aromatic carbocycles. The topological polar surface area (TPSA) is 26.7 Å². The summed E-state index contributed by atoms with van der Waals surface area (Å²) < 4.78 is 0. The van der Waals surface area contributed by atoms with E-state index in [0.717, 1.165) is 13.1 Å². The second-order valence-electron chi connectivity index (χ2n) is 5.99. The quantitative estimate of drug-likeness (QED) is 0.771. The minimum Gasteiger partial charge on any atom is -0.389 e. The van der Waals surface area contributed by atoms with Crippen molar-refractivity contribution in [2.45, 2.75) is 45.3 Å². The van der Waals surface area contributed by atoms with Crippen LogP contribution >= 0.6 is 0 Å². The van der Waals surface area contributed by atoms with Gasteiger partial charge in [-0.2, -0.15) is 0 Å². The lowest BCUT2D eigenvalue weighted by Gasteiger charge is -2.34. The highest BCUT2D eigenvalue weighted by molar-refractivity contribution is 4.83. The Hall–Kier alpha value is -0.120.